The maximum Gasteiger partial charge on any atom is 0.245 e. The number of nitrogens with one attached hydrogen (secondary N) is 4. The fourth-order valence-electron chi connectivity index (χ4n) is 2.78. The van der Waals surface area contributed by atoms with Gasteiger partial charge in [-0.2, -0.15) is 0 Å². The van der Waals surface area contributed by atoms with Crippen LogP contribution < -0.4 is 21.3 Å². The number of hydrogen-bond donors (Lipinski definition) is 4. The SMILES string of the molecule is CNC(C)C(=O)NC(C)C(=O)N(C)C(C)C(=O)NC(C)C(=O)N(C)C(C)C(=O)NC(C)C(C)C. The molecular weight excluding hydrogens is 440 g/mol. The zero-order valence-corrected chi connectivity index (χ0v) is 22.5. The molecule has 0 aliphatic carbocycles. The standard InChI is InChI=1S/C23H44N6O5/c1-12(2)13(3)25-20(31)17(7)28(10)23(34)16(6)27-21(32)18(8)29(11)22(33)15(5)26-19(30)14(4)24-9/h12-18,24H,1-11H3,(H,25,31)(H,26,30)(H,27,32). The number of hydrogen-bond acceptors (Lipinski definition) is 6. The van der Waals surface area contributed by atoms with Crippen LogP contribution in [-0.2, 0) is 24.0 Å². The summed E-state index contributed by atoms with van der Waals surface area (Å²) in [6, 6.07) is -3.86. The molecule has 0 saturated carbocycles. The van der Waals surface area contributed by atoms with Gasteiger partial charge in [0.25, 0.3) is 0 Å². The lowest BCUT2D eigenvalue weighted by Crippen LogP contribution is -2.57. The Hall–Kier alpha value is -2.69. The van der Waals surface area contributed by atoms with Crippen LogP contribution in [0.2, 0.25) is 0 Å². The van der Waals surface area contributed by atoms with Gasteiger partial charge in [0.15, 0.2) is 0 Å². The van der Waals surface area contributed by atoms with Crippen molar-refractivity contribution in [1.29, 1.82) is 0 Å². The van der Waals surface area contributed by atoms with Crippen molar-refractivity contribution in [2.75, 3.05) is 21.1 Å². The number of amides is 5. The van der Waals surface area contributed by atoms with Gasteiger partial charge < -0.3 is 31.1 Å². The molecule has 0 fully saturated rings. The van der Waals surface area contributed by atoms with Crippen LogP contribution in [0.3, 0.4) is 0 Å². The highest BCUT2D eigenvalue weighted by molar-refractivity contribution is 5.95. The number of nitrogens with zero attached hydrogens (tertiary/aromatic N) is 2. The van der Waals surface area contributed by atoms with Gasteiger partial charge in [0, 0.05) is 20.1 Å². The molecular formula is C23H44N6O5. The highest BCUT2D eigenvalue weighted by Gasteiger charge is 2.31. The van der Waals surface area contributed by atoms with E-state index >= 15 is 0 Å². The molecule has 0 radical (unpaired) electrons. The van der Waals surface area contributed by atoms with E-state index in [9.17, 15) is 24.0 Å². The van der Waals surface area contributed by atoms with Gasteiger partial charge in [0.2, 0.25) is 29.5 Å². The van der Waals surface area contributed by atoms with Crippen molar-refractivity contribution >= 4 is 29.5 Å². The molecule has 34 heavy (non-hydrogen) atoms. The van der Waals surface area contributed by atoms with Crippen LogP contribution >= 0.6 is 0 Å². The van der Waals surface area contributed by atoms with Gasteiger partial charge in [-0.1, -0.05) is 13.8 Å². The Morgan fingerprint density at radius 3 is 1.26 bits per heavy atom. The van der Waals surface area contributed by atoms with Crippen molar-refractivity contribution in [1.82, 2.24) is 31.1 Å². The lowest BCUT2D eigenvalue weighted by molar-refractivity contribution is -0.144. The molecule has 11 heteroatoms. The summed E-state index contributed by atoms with van der Waals surface area (Å²) in [6.07, 6.45) is 0. The highest BCUT2D eigenvalue weighted by atomic mass is 16.2. The van der Waals surface area contributed by atoms with E-state index in [0.717, 1.165) is 0 Å². The first-order valence-electron chi connectivity index (χ1n) is 11.7. The molecule has 0 aromatic rings. The summed E-state index contributed by atoms with van der Waals surface area (Å²) in [6.45, 7) is 13.7. The fourth-order valence-corrected chi connectivity index (χ4v) is 2.78. The monoisotopic (exact) mass is 484 g/mol. The van der Waals surface area contributed by atoms with Crippen LogP contribution in [0.4, 0.5) is 0 Å². The minimum Gasteiger partial charge on any atom is -0.352 e. The van der Waals surface area contributed by atoms with Crippen molar-refractivity contribution in [2.24, 2.45) is 5.92 Å². The first-order chi connectivity index (χ1) is 15.6. The summed E-state index contributed by atoms with van der Waals surface area (Å²) >= 11 is 0. The van der Waals surface area contributed by atoms with Gasteiger partial charge >= 0.3 is 0 Å². The van der Waals surface area contributed by atoms with Gasteiger partial charge in [-0.15, -0.1) is 0 Å². The molecule has 6 unspecified atom stereocenters. The molecule has 0 bridgehead atoms. The quantitative estimate of drug-likeness (QED) is 0.293. The molecule has 0 aliphatic rings. The normalized spacial score (nSPS) is 16.4. The van der Waals surface area contributed by atoms with E-state index in [1.165, 1.54) is 44.7 Å². The molecule has 196 valence electrons. The second-order valence-electron chi connectivity index (χ2n) is 9.26. The Morgan fingerprint density at radius 2 is 0.912 bits per heavy atom. The first-order valence-corrected chi connectivity index (χ1v) is 11.7. The molecule has 6 atom stereocenters. The third-order valence-electron chi connectivity index (χ3n) is 6.27. The van der Waals surface area contributed by atoms with E-state index in [0.29, 0.717) is 0 Å². The Labute approximate surface area is 203 Å². The number of carbonyl (C=O) groups excluding carboxylic acids is 5. The largest absolute Gasteiger partial charge is 0.352 e. The Bertz CT molecular complexity index is 743. The van der Waals surface area contributed by atoms with Gasteiger partial charge in [-0.05, 0) is 54.5 Å². The third-order valence-corrected chi connectivity index (χ3v) is 6.27. The maximum atomic E-state index is 12.8. The number of rotatable bonds is 12. The van der Waals surface area contributed by atoms with Crippen molar-refractivity contribution in [3.8, 4) is 0 Å². The zero-order valence-electron chi connectivity index (χ0n) is 22.5. The fraction of sp³-hybridized carbons (Fsp3) is 0.783. The summed E-state index contributed by atoms with van der Waals surface area (Å²) in [5.74, 6) is -1.77. The summed E-state index contributed by atoms with van der Waals surface area (Å²) in [5, 5.41) is 10.9. The topological polar surface area (TPSA) is 140 Å². The lowest BCUT2D eigenvalue weighted by Gasteiger charge is -2.31. The highest BCUT2D eigenvalue weighted by Crippen LogP contribution is 2.06. The first kappa shape index (κ1) is 31.3. The minimum atomic E-state index is -0.908. The summed E-state index contributed by atoms with van der Waals surface area (Å²) in [4.78, 5) is 65.1. The Kier molecular flexibility index (Phi) is 12.8. The molecule has 0 aliphatic heterocycles. The smallest absolute Gasteiger partial charge is 0.245 e. The maximum absolute atomic E-state index is 12.8. The molecule has 0 saturated heterocycles. The van der Waals surface area contributed by atoms with E-state index in [4.69, 9.17) is 0 Å². The van der Waals surface area contributed by atoms with Crippen LogP contribution in [0.1, 0.15) is 55.4 Å². The van der Waals surface area contributed by atoms with Gasteiger partial charge in [0.1, 0.15) is 24.2 Å². The van der Waals surface area contributed by atoms with E-state index in [1.807, 2.05) is 20.8 Å². The zero-order chi connectivity index (χ0) is 26.9. The second-order valence-corrected chi connectivity index (χ2v) is 9.26. The van der Waals surface area contributed by atoms with E-state index in [2.05, 4.69) is 21.3 Å². The van der Waals surface area contributed by atoms with Gasteiger partial charge in [-0.25, -0.2) is 0 Å². The average molecular weight is 485 g/mol. The van der Waals surface area contributed by atoms with Crippen LogP contribution in [-0.4, -0.2) is 96.7 Å². The van der Waals surface area contributed by atoms with Crippen LogP contribution in [0.25, 0.3) is 0 Å². The predicted molar refractivity (Wildman–Crippen MR) is 131 cm³/mol. The van der Waals surface area contributed by atoms with Crippen molar-refractivity contribution in [3.05, 3.63) is 0 Å². The van der Waals surface area contributed by atoms with Crippen LogP contribution in [0.15, 0.2) is 0 Å². The summed E-state index contributed by atoms with van der Waals surface area (Å²) in [5.41, 5.74) is 0. The van der Waals surface area contributed by atoms with Gasteiger partial charge in [-0.3, -0.25) is 24.0 Å². The van der Waals surface area contributed by atoms with Crippen molar-refractivity contribution < 1.29 is 24.0 Å². The Balaban J connectivity index is 5.00. The molecule has 11 nitrogen and oxygen atoms in total. The molecule has 0 aromatic carbocycles. The number of carbonyl (C=O) groups is 5. The summed E-state index contributed by atoms with van der Waals surface area (Å²) in [7, 11) is 4.59. The lowest BCUT2D eigenvalue weighted by atomic mass is 10.1. The molecule has 0 rings (SSSR count). The average Bonchev–Trinajstić information content (AvgIpc) is 2.79. The molecule has 0 heterocycles. The van der Waals surface area contributed by atoms with Crippen LogP contribution in [0.5, 0.6) is 0 Å². The van der Waals surface area contributed by atoms with E-state index < -0.39 is 47.9 Å². The third kappa shape index (κ3) is 8.92. The molecule has 4 N–H and O–H groups in total. The molecule has 5 amide bonds. The second kappa shape index (κ2) is 13.9. The molecule has 0 spiro atoms. The Morgan fingerprint density at radius 1 is 0.559 bits per heavy atom. The summed E-state index contributed by atoms with van der Waals surface area (Å²) < 4.78 is 0. The number of likely N-dealkylation sites (N-methyl/N-ethyl adjacent to an activating group) is 3. The van der Waals surface area contributed by atoms with Gasteiger partial charge in [0.05, 0.1) is 6.04 Å². The van der Waals surface area contributed by atoms with Crippen LogP contribution in [0, 0.1) is 5.92 Å². The van der Waals surface area contributed by atoms with E-state index in [-0.39, 0.29) is 23.8 Å². The minimum absolute atomic E-state index is 0.0434. The van der Waals surface area contributed by atoms with Crippen molar-refractivity contribution in [3.63, 3.8) is 0 Å². The van der Waals surface area contributed by atoms with E-state index in [1.54, 1.807) is 20.9 Å². The predicted octanol–water partition coefficient (Wildman–Crippen LogP) is -0.542. The van der Waals surface area contributed by atoms with Crippen molar-refractivity contribution in [2.45, 2.75) is 91.6 Å². The molecule has 0 aromatic heterocycles.